The Morgan fingerprint density at radius 1 is 1.69 bits per heavy atom. The Bertz CT molecular complexity index is 311. The Kier molecular flexibility index (Phi) is 3.84. The summed E-state index contributed by atoms with van der Waals surface area (Å²) >= 11 is 1.87. The molecule has 0 atom stereocenters. The first-order valence-electron chi connectivity index (χ1n) is 4.30. The standard InChI is InChI=1S/C9H13N3S/c1-3-13-7-12-6-9(4-5-10)11-8(12)2/h6H,3-4,7H2,1-2H3/p+1. The van der Waals surface area contributed by atoms with Crippen LogP contribution in [0.1, 0.15) is 18.4 Å². The number of H-pyrrole nitrogens is 1. The highest BCUT2D eigenvalue weighted by atomic mass is 32.2. The Morgan fingerprint density at radius 3 is 3.08 bits per heavy atom. The van der Waals surface area contributed by atoms with E-state index in [4.69, 9.17) is 5.26 Å². The summed E-state index contributed by atoms with van der Waals surface area (Å²) in [6.45, 7) is 4.17. The van der Waals surface area contributed by atoms with Gasteiger partial charge in [-0.15, -0.1) is 11.8 Å². The molecule has 3 nitrogen and oxygen atoms in total. The lowest BCUT2D eigenvalue weighted by molar-refractivity contribution is -0.680. The molecule has 0 amide bonds. The Hall–Kier alpha value is -0.950. The molecule has 1 rings (SSSR count). The fraction of sp³-hybridized carbons (Fsp3) is 0.556. The Balaban J connectivity index is 2.67. The predicted octanol–water partition coefficient (Wildman–Crippen LogP) is 1.39. The molecule has 13 heavy (non-hydrogen) atoms. The summed E-state index contributed by atoms with van der Waals surface area (Å²) < 4.78 is 2.14. The maximum absolute atomic E-state index is 8.51. The summed E-state index contributed by atoms with van der Waals surface area (Å²) in [5, 5.41) is 8.51. The number of aromatic amines is 1. The average Bonchev–Trinajstić information content (AvgIpc) is 2.44. The van der Waals surface area contributed by atoms with E-state index >= 15 is 0 Å². The summed E-state index contributed by atoms with van der Waals surface area (Å²) in [6, 6.07) is 2.13. The van der Waals surface area contributed by atoms with Gasteiger partial charge in [0.25, 0.3) is 5.82 Å². The summed E-state index contributed by atoms with van der Waals surface area (Å²) in [6.07, 6.45) is 2.48. The van der Waals surface area contributed by atoms with Crippen molar-refractivity contribution in [1.82, 2.24) is 4.98 Å². The number of hydrogen-bond donors (Lipinski definition) is 1. The molecular formula is C9H14N3S+. The van der Waals surface area contributed by atoms with Crippen LogP contribution in [0, 0.1) is 18.3 Å². The molecule has 0 aromatic carbocycles. The van der Waals surface area contributed by atoms with Gasteiger partial charge in [0.1, 0.15) is 18.5 Å². The first-order valence-corrected chi connectivity index (χ1v) is 5.46. The molecule has 0 saturated heterocycles. The van der Waals surface area contributed by atoms with E-state index in [9.17, 15) is 0 Å². The minimum absolute atomic E-state index is 0.463. The van der Waals surface area contributed by atoms with Gasteiger partial charge in [-0.2, -0.15) is 5.26 Å². The topological polar surface area (TPSA) is 43.5 Å². The van der Waals surface area contributed by atoms with E-state index in [0.717, 1.165) is 23.1 Å². The van der Waals surface area contributed by atoms with Gasteiger partial charge in [0.2, 0.25) is 0 Å². The third-order valence-corrected chi connectivity index (χ3v) is 2.66. The molecule has 1 N–H and O–H groups in total. The quantitative estimate of drug-likeness (QED) is 0.739. The van der Waals surface area contributed by atoms with Gasteiger partial charge in [0.15, 0.2) is 5.69 Å². The minimum atomic E-state index is 0.463. The highest BCUT2D eigenvalue weighted by Gasteiger charge is 2.09. The van der Waals surface area contributed by atoms with Crippen molar-refractivity contribution in [3.63, 3.8) is 0 Å². The van der Waals surface area contributed by atoms with E-state index in [1.807, 2.05) is 24.9 Å². The highest BCUT2D eigenvalue weighted by molar-refractivity contribution is 7.98. The number of nitriles is 1. The molecule has 0 bridgehead atoms. The highest BCUT2D eigenvalue weighted by Crippen LogP contribution is 2.01. The zero-order valence-electron chi connectivity index (χ0n) is 8.00. The van der Waals surface area contributed by atoms with E-state index in [1.165, 1.54) is 0 Å². The van der Waals surface area contributed by atoms with Crippen LogP contribution in [0.2, 0.25) is 0 Å². The van der Waals surface area contributed by atoms with E-state index in [0.29, 0.717) is 6.42 Å². The van der Waals surface area contributed by atoms with Gasteiger partial charge in [-0.1, -0.05) is 6.92 Å². The molecule has 1 heterocycles. The zero-order valence-corrected chi connectivity index (χ0v) is 8.82. The number of hydrogen-bond acceptors (Lipinski definition) is 2. The zero-order chi connectivity index (χ0) is 9.68. The van der Waals surface area contributed by atoms with E-state index in [-0.39, 0.29) is 0 Å². The normalized spacial score (nSPS) is 9.92. The van der Waals surface area contributed by atoms with Crippen molar-refractivity contribution in [3.05, 3.63) is 17.7 Å². The molecule has 0 aliphatic heterocycles. The second-order valence-electron chi connectivity index (χ2n) is 2.79. The summed E-state index contributed by atoms with van der Waals surface area (Å²) in [4.78, 5) is 3.18. The lowest BCUT2D eigenvalue weighted by Gasteiger charge is -1.93. The fourth-order valence-electron chi connectivity index (χ4n) is 1.12. The molecule has 1 aromatic rings. The number of aromatic nitrogens is 2. The number of imidazole rings is 1. The van der Waals surface area contributed by atoms with Crippen molar-refractivity contribution in [2.24, 2.45) is 0 Å². The molecule has 0 aliphatic carbocycles. The second-order valence-corrected chi connectivity index (χ2v) is 4.04. The Labute approximate surface area is 82.8 Å². The molecule has 0 unspecified atom stereocenters. The number of thioether (sulfide) groups is 1. The van der Waals surface area contributed by atoms with Gasteiger partial charge in [0, 0.05) is 6.92 Å². The van der Waals surface area contributed by atoms with Crippen molar-refractivity contribution in [2.75, 3.05) is 5.75 Å². The van der Waals surface area contributed by atoms with Crippen molar-refractivity contribution < 1.29 is 4.57 Å². The molecule has 0 radical (unpaired) electrons. The average molecular weight is 196 g/mol. The molecular weight excluding hydrogens is 182 g/mol. The molecule has 0 aliphatic rings. The van der Waals surface area contributed by atoms with Crippen molar-refractivity contribution in [2.45, 2.75) is 26.1 Å². The molecule has 70 valence electrons. The van der Waals surface area contributed by atoms with Crippen molar-refractivity contribution in [1.29, 1.82) is 5.26 Å². The number of nitrogens with zero attached hydrogens (tertiary/aromatic N) is 2. The fourth-order valence-corrected chi connectivity index (χ4v) is 1.77. The number of rotatable bonds is 4. The Morgan fingerprint density at radius 2 is 2.46 bits per heavy atom. The van der Waals surface area contributed by atoms with Crippen molar-refractivity contribution >= 4 is 11.8 Å². The van der Waals surface area contributed by atoms with Crippen molar-refractivity contribution in [3.8, 4) is 6.07 Å². The van der Waals surface area contributed by atoms with Crippen LogP contribution in [-0.4, -0.2) is 10.7 Å². The number of nitrogens with one attached hydrogen (secondary N) is 1. The van der Waals surface area contributed by atoms with E-state index in [2.05, 4.69) is 22.5 Å². The minimum Gasteiger partial charge on any atom is -0.244 e. The molecule has 0 spiro atoms. The third-order valence-electron chi connectivity index (χ3n) is 1.79. The van der Waals surface area contributed by atoms with E-state index in [1.54, 1.807) is 0 Å². The molecule has 0 saturated carbocycles. The summed E-state index contributed by atoms with van der Waals surface area (Å²) in [5.41, 5.74) is 0.997. The summed E-state index contributed by atoms with van der Waals surface area (Å²) in [5.74, 6) is 3.20. The smallest absolute Gasteiger partial charge is 0.244 e. The molecule has 0 fully saturated rings. The largest absolute Gasteiger partial charge is 0.251 e. The van der Waals surface area contributed by atoms with Gasteiger partial charge in [-0.25, -0.2) is 9.55 Å². The monoisotopic (exact) mass is 196 g/mol. The van der Waals surface area contributed by atoms with Crippen LogP contribution in [0.4, 0.5) is 0 Å². The van der Waals surface area contributed by atoms with Crippen LogP contribution >= 0.6 is 11.8 Å². The van der Waals surface area contributed by atoms with Gasteiger partial charge in [-0.3, -0.25) is 0 Å². The molecule has 1 aromatic heterocycles. The lowest BCUT2D eigenvalue weighted by Crippen LogP contribution is -2.32. The second kappa shape index (κ2) is 4.93. The lowest BCUT2D eigenvalue weighted by atomic mass is 10.4. The summed E-state index contributed by atoms with van der Waals surface area (Å²) in [7, 11) is 0. The predicted molar refractivity (Wildman–Crippen MR) is 53.2 cm³/mol. The number of aryl methyl sites for hydroxylation is 1. The SMILES string of the molecule is CCSC[n+]1cc(CC#N)[nH]c1C. The first kappa shape index (κ1) is 10.1. The van der Waals surface area contributed by atoms with Crippen LogP contribution in [0.3, 0.4) is 0 Å². The van der Waals surface area contributed by atoms with Gasteiger partial charge in [0.05, 0.1) is 6.07 Å². The first-order chi connectivity index (χ1) is 6.27. The van der Waals surface area contributed by atoms with Crippen LogP contribution in [0.15, 0.2) is 6.20 Å². The van der Waals surface area contributed by atoms with Gasteiger partial charge >= 0.3 is 0 Å². The maximum Gasteiger partial charge on any atom is 0.251 e. The third kappa shape index (κ3) is 2.78. The van der Waals surface area contributed by atoms with Crippen LogP contribution < -0.4 is 4.57 Å². The van der Waals surface area contributed by atoms with Crippen LogP contribution in [0.25, 0.3) is 0 Å². The van der Waals surface area contributed by atoms with Gasteiger partial charge < -0.3 is 0 Å². The van der Waals surface area contributed by atoms with Crippen LogP contribution in [0.5, 0.6) is 0 Å². The van der Waals surface area contributed by atoms with Gasteiger partial charge in [-0.05, 0) is 5.75 Å². The molecule has 4 heteroatoms. The van der Waals surface area contributed by atoms with E-state index < -0.39 is 0 Å². The maximum atomic E-state index is 8.51. The van der Waals surface area contributed by atoms with Crippen LogP contribution in [-0.2, 0) is 12.3 Å².